The zero-order chi connectivity index (χ0) is 18.4. The topological polar surface area (TPSA) is 94.0 Å². The summed E-state index contributed by atoms with van der Waals surface area (Å²) in [6.45, 7) is 2.98. The Labute approximate surface area is 155 Å². The first-order chi connectivity index (χ1) is 12.7. The standard InChI is InChI=1S/C20H32N2O4/c23-11-10-21-8-9-22-13-19-15-6-7-17(24)20(25)16(15)12-18(26-19)14-4-2-1-3-5-14/h6-7,14,18-19,21-25H,1-5,8-13H2. The van der Waals surface area contributed by atoms with Crippen LogP contribution in [0.25, 0.3) is 0 Å². The lowest BCUT2D eigenvalue weighted by Crippen LogP contribution is -2.38. The Kier molecular flexibility index (Phi) is 7.14. The van der Waals surface area contributed by atoms with Gasteiger partial charge in [0.1, 0.15) is 0 Å². The number of hydrogen-bond acceptors (Lipinski definition) is 6. The van der Waals surface area contributed by atoms with E-state index in [1.165, 1.54) is 32.1 Å². The monoisotopic (exact) mass is 364 g/mol. The van der Waals surface area contributed by atoms with Crippen molar-refractivity contribution in [3.63, 3.8) is 0 Å². The van der Waals surface area contributed by atoms with Gasteiger partial charge in [0.15, 0.2) is 11.5 Å². The molecule has 6 nitrogen and oxygen atoms in total. The quantitative estimate of drug-likeness (QED) is 0.357. The van der Waals surface area contributed by atoms with Gasteiger partial charge in [0, 0.05) is 38.2 Å². The molecule has 2 atom stereocenters. The summed E-state index contributed by atoms with van der Waals surface area (Å²) in [7, 11) is 0. The molecule has 1 aliphatic heterocycles. The molecule has 146 valence electrons. The van der Waals surface area contributed by atoms with Gasteiger partial charge in [0.2, 0.25) is 0 Å². The fraction of sp³-hybridized carbons (Fsp3) is 0.700. The van der Waals surface area contributed by atoms with Crippen LogP contribution in [0.4, 0.5) is 0 Å². The lowest BCUT2D eigenvalue weighted by Gasteiger charge is -2.38. The molecule has 0 amide bonds. The SMILES string of the molecule is OCCNCCNCC1OC(C2CCCCC2)Cc2c1ccc(O)c2O. The van der Waals surface area contributed by atoms with Crippen LogP contribution in [0.2, 0.25) is 0 Å². The second-order valence-electron chi connectivity index (χ2n) is 7.44. The highest BCUT2D eigenvalue weighted by Crippen LogP contribution is 2.43. The van der Waals surface area contributed by atoms with E-state index in [1.807, 2.05) is 6.07 Å². The summed E-state index contributed by atoms with van der Waals surface area (Å²) >= 11 is 0. The molecule has 1 aromatic carbocycles. The van der Waals surface area contributed by atoms with E-state index in [2.05, 4.69) is 10.6 Å². The van der Waals surface area contributed by atoms with E-state index in [0.717, 1.165) is 24.2 Å². The maximum absolute atomic E-state index is 10.4. The van der Waals surface area contributed by atoms with Crippen molar-refractivity contribution in [2.45, 2.75) is 50.7 Å². The van der Waals surface area contributed by atoms with Crippen molar-refractivity contribution in [1.29, 1.82) is 0 Å². The molecule has 0 bridgehead atoms. The number of fused-ring (bicyclic) bond motifs is 1. The van der Waals surface area contributed by atoms with Crippen molar-refractivity contribution in [2.75, 3.05) is 32.8 Å². The molecule has 1 fully saturated rings. The van der Waals surface area contributed by atoms with E-state index in [-0.39, 0.29) is 30.3 Å². The van der Waals surface area contributed by atoms with E-state index < -0.39 is 0 Å². The van der Waals surface area contributed by atoms with Gasteiger partial charge < -0.3 is 30.7 Å². The Balaban J connectivity index is 1.67. The number of aromatic hydroxyl groups is 2. The molecular formula is C20H32N2O4. The van der Waals surface area contributed by atoms with Crippen LogP contribution in [0.15, 0.2) is 12.1 Å². The van der Waals surface area contributed by atoms with E-state index in [1.54, 1.807) is 6.07 Å². The first-order valence-electron chi connectivity index (χ1n) is 9.92. The average molecular weight is 364 g/mol. The molecule has 6 heteroatoms. The van der Waals surface area contributed by atoms with Crippen molar-refractivity contribution >= 4 is 0 Å². The zero-order valence-electron chi connectivity index (χ0n) is 15.4. The van der Waals surface area contributed by atoms with Crippen LogP contribution in [-0.4, -0.2) is 54.2 Å². The molecule has 0 spiro atoms. The molecular weight excluding hydrogens is 332 g/mol. The van der Waals surface area contributed by atoms with Gasteiger partial charge in [-0.3, -0.25) is 0 Å². The minimum Gasteiger partial charge on any atom is -0.504 e. The van der Waals surface area contributed by atoms with Crippen LogP contribution in [-0.2, 0) is 11.2 Å². The molecule has 1 heterocycles. The second-order valence-corrected chi connectivity index (χ2v) is 7.44. The number of rotatable bonds is 8. The van der Waals surface area contributed by atoms with Gasteiger partial charge in [0.25, 0.3) is 0 Å². The fourth-order valence-electron chi connectivity index (χ4n) is 4.25. The number of nitrogens with one attached hydrogen (secondary N) is 2. The number of phenolic OH excluding ortho intramolecular Hbond substituents is 2. The van der Waals surface area contributed by atoms with Crippen molar-refractivity contribution in [1.82, 2.24) is 10.6 Å². The maximum Gasteiger partial charge on any atom is 0.161 e. The molecule has 0 radical (unpaired) electrons. The first-order valence-corrected chi connectivity index (χ1v) is 9.92. The van der Waals surface area contributed by atoms with E-state index in [4.69, 9.17) is 9.84 Å². The number of phenols is 2. The Bertz CT molecular complexity index is 575. The molecule has 5 N–H and O–H groups in total. The number of hydrogen-bond donors (Lipinski definition) is 5. The van der Waals surface area contributed by atoms with Gasteiger partial charge in [-0.15, -0.1) is 0 Å². The molecule has 0 aromatic heterocycles. The first kappa shape index (κ1) is 19.4. The minimum atomic E-state index is -0.116. The van der Waals surface area contributed by atoms with Crippen LogP contribution in [0, 0.1) is 5.92 Å². The highest BCUT2D eigenvalue weighted by atomic mass is 16.5. The largest absolute Gasteiger partial charge is 0.504 e. The van der Waals surface area contributed by atoms with Gasteiger partial charge in [-0.1, -0.05) is 25.3 Å². The Hall–Kier alpha value is -1.34. The second kappa shape index (κ2) is 9.55. The predicted octanol–water partition coefficient (Wildman–Crippen LogP) is 1.83. The van der Waals surface area contributed by atoms with Gasteiger partial charge in [0.05, 0.1) is 18.8 Å². The normalized spacial score (nSPS) is 23.7. The summed E-state index contributed by atoms with van der Waals surface area (Å²) in [6.07, 6.45) is 6.85. The van der Waals surface area contributed by atoms with Crippen molar-refractivity contribution < 1.29 is 20.1 Å². The molecule has 1 saturated carbocycles. The van der Waals surface area contributed by atoms with E-state index in [9.17, 15) is 10.2 Å². The minimum absolute atomic E-state index is 0.0150. The van der Waals surface area contributed by atoms with Crippen molar-refractivity contribution in [2.24, 2.45) is 5.92 Å². The van der Waals surface area contributed by atoms with Crippen LogP contribution in [0.5, 0.6) is 11.5 Å². The average Bonchev–Trinajstić information content (AvgIpc) is 2.68. The summed E-state index contributed by atoms with van der Waals surface area (Å²) in [5.41, 5.74) is 1.82. The van der Waals surface area contributed by atoms with Gasteiger partial charge in [-0.25, -0.2) is 0 Å². The molecule has 0 saturated heterocycles. The van der Waals surface area contributed by atoms with Gasteiger partial charge in [-0.05, 0) is 30.4 Å². The summed E-state index contributed by atoms with van der Waals surface area (Å²) in [4.78, 5) is 0. The summed E-state index contributed by atoms with van der Waals surface area (Å²) in [5, 5.41) is 35.6. The zero-order valence-corrected chi connectivity index (χ0v) is 15.4. The number of aliphatic hydroxyl groups excluding tert-OH is 1. The van der Waals surface area contributed by atoms with Gasteiger partial charge >= 0.3 is 0 Å². The Morgan fingerprint density at radius 2 is 1.77 bits per heavy atom. The third-order valence-electron chi connectivity index (χ3n) is 5.66. The van der Waals surface area contributed by atoms with Crippen LogP contribution in [0.3, 0.4) is 0 Å². The number of ether oxygens (including phenoxy) is 1. The summed E-state index contributed by atoms with van der Waals surface area (Å²) < 4.78 is 6.46. The third kappa shape index (κ3) is 4.68. The maximum atomic E-state index is 10.4. The number of benzene rings is 1. The lowest BCUT2D eigenvalue weighted by molar-refractivity contribution is -0.0625. The van der Waals surface area contributed by atoms with Crippen LogP contribution < -0.4 is 10.6 Å². The predicted molar refractivity (Wildman–Crippen MR) is 100 cm³/mol. The van der Waals surface area contributed by atoms with Crippen LogP contribution >= 0.6 is 0 Å². The third-order valence-corrected chi connectivity index (χ3v) is 5.66. The van der Waals surface area contributed by atoms with E-state index in [0.29, 0.717) is 25.4 Å². The highest BCUT2D eigenvalue weighted by molar-refractivity contribution is 5.51. The van der Waals surface area contributed by atoms with E-state index >= 15 is 0 Å². The fourth-order valence-corrected chi connectivity index (χ4v) is 4.25. The summed E-state index contributed by atoms with van der Waals surface area (Å²) in [6, 6.07) is 3.42. The highest BCUT2D eigenvalue weighted by Gasteiger charge is 2.35. The van der Waals surface area contributed by atoms with Crippen molar-refractivity contribution in [3.05, 3.63) is 23.3 Å². The lowest BCUT2D eigenvalue weighted by atomic mass is 9.80. The number of aliphatic hydroxyl groups is 1. The molecule has 26 heavy (non-hydrogen) atoms. The molecule has 2 unspecified atom stereocenters. The Morgan fingerprint density at radius 1 is 1.00 bits per heavy atom. The Morgan fingerprint density at radius 3 is 2.54 bits per heavy atom. The molecule has 3 rings (SSSR count). The van der Waals surface area contributed by atoms with Crippen LogP contribution in [0.1, 0.15) is 49.3 Å². The molecule has 1 aliphatic carbocycles. The van der Waals surface area contributed by atoms with Gasteiger partial charge in [-0.2, -0.15) is 0 Å². The molecule has 2 aliphatic rings. The summed E-state index contributed by atoms with van der Waals surface area (Å²) in [5.74, 6) is 0.501. The van der Waals surface area contributed by atoms with Crippen molar-refractivity contribution in [3.8, 4) is 11.5 Å². The smallest absolute Gasteiger partial charge is 0.161 e. The molecule has 1 aromatic rings.